The van der Waals surface area contributed by atoms with Crippen LogP contribution in [0.15, 0.2) is 24.3 Å². The molecule has 1 N–H and O–H groups in total. The van der Waals surface area contributed by atoms with E-state index in [1.807, 2.05) is 24.3 Å². The number of ether oxygens (including phenoxy) is 1. The van der Waals surface area contributed by atoms with E-state index in [9.17, 15) is 14.7 Å². The zero-order chi connectivity index (χ0) is 15.5. The number of likely N-dealkylation sites (tertiary alicyclic amines) is 1. The number of para-hydroxylation sites is 1. The number of carboxylic acid groups (broad SMARTS) is 1. The lowest BCUT2D eigenvalue weighted by molar-refractivity contribution is -0.153. The number of rotatable bonds is 4. The van der Waals surface area contributed by atoms with Crippen molar-refractivity contribution in [3.63, 3.8) is 0 Å². The Morgan fingerprint density at radius 1 is 1.38 bits per heavy atom. The zero-order valence-corrected chi connectivity index (χ0v) is 12.5. The van der Waals surface area contributed by atoms with Crippen LogP contribution < -0.4 is 4.74 Å². The number of hydrogen-bond donors (Lipinski definition) is 1. The van der Waals surface area contributed by atoms with Crippen molar-refractivity contribution in [3.8, 4) is 5.75 Å². The minimum absolute atomic E-state index is 0.0494. The van der Waals surface area contributed by atoms with E-state index in [4.69, 9.17) is 4.74 Å². The number of methoxy groups -OCH3 is 1. The Morgan fingerprint density at radius 2 is 2.10 bits per heavy atom. The fourth-order valence-electron chi connectivity index (χ4n) is 2.75. The minimum Gasteiger partial charge on any atom is -0.496 e. The molecule has 0 spiro atoms. The number of carbonyl (C=O) groups is 2. The molecule has 21 heavy (non-hydrogen) atoms. The minimum atomic E-state index is -0.839. The van der Waals surface area contributed by atoms with Gasteiger partial charge in [-0.1, -0.05) is 18.2 Å². The monoisotopic (exact) mass is 291 g/mol. The number of amides is 1. The number of carbonyl (C=O) groups excluding carboxylic acids is 1. The Hall–Kier alpha value is -2.04. The molecule has 2 rings (SSSR count). The van der Waals surface area contributed by atoms with E-state index < -0.39 is 11.4 Å². The molecule has 1 fully saturated rings. The third kappa shape index (κ3) is 3.35. The van der Waals surface area contributed by atoms with Gasteiger partial charge in [0, 0.05) is 18.7 Å². The first-order valence-electron chi connectivity index (χ1n) is 7.09. The summed E-state index contributed by atoms with van der Waals surface area (Å²) in [5, 5.41) is 9.31. The average molecular weight is 291 g/mol. The predicted molar refractivity (Wildman–Crippen MR) is 78.3 cm³/mol. The highest BCUT2D eigenvalue weighted by molar-refractivity contribution is 5.81. The zero-order valence-electron chi connectivity index (χ0n) is 12.5. The molecule has 1 aliphatic heterocycles. The van der Waals surface area contributed by atoms with Crippen LogP contribution in [0.3, 0.4) is 0 Å². The highest BCUT2D eigenvalue weighted by Gasteiger charge is 2.39. The van der Waals surface area contributed by atoms with Gasteiger partial charge in [0.1, 0.15) is 5.75 Å². The maximum absolute atomic E-state index is 12.4. The Kier molecular flexibility index (Phi) is 4.50. The highest BCUT2D eigenvalue weighted by Crippen LogP contribution is 2.30. The molecule has 1 atom stereocenters. The molecule has 5 heteroatoms. The summed E-state index contributed by atoms with van der Waals surface area (Å²) in [5.74, 6) is -0.201. The van der Waals surface area contributed by atoms with E-state index in [-0.39, 0.29) is 18.9 Å². The van der Waals surface area contributed by atoms with Gasteiger partial charge in [-0.2, -0.15) is 0 Å². The summed E-state index contributed by atoms with van der Waals surface area (Å²) >= 11 is 0. The summed E-state index contributed by atoms with van der Waals surface area (Å²) in [6.07, 6.45) is 1.57. The molecule has 1 saturated heterocycles. The molecule has 0 saturated carbocycles. The van der Waals surface area contributed by atoms with Gasteiger partial charge >= 0.3 is 5.97 Å². The van der Waals surface area contributed by atoms with Gasteiger partial charge in [0.05, 0.1) is 18.9 Å². The van der Waals surface area contributed by atoms with Crippen LogP contribution in [0.25, 0.3) is 0 Å². The molecule has 0 unspecified atom stereocenters. The van der Waals surface area contributed by atoms with Crippen LogP contribution in [0.1, 0.15) is 25.3 Å². The molecule has 1 aromatic rings. The second kappa shape index (κ2) is 6.16. The largest absolute Gasteiger partial charge is 0.496 e. The van der Waals surface area contributed by atoms with Crippen LogP contribution in [0.5, 0.6) is 5.75 Å². The first-order valence-corrected chi connectivity index (χ1v) is 7.09. The van der Waals surface area contributed by atoms with Crippen molar-refractivity contribution in [1.82, 2.24) is 4.90 Å². The van der Waals surface area contributed by atoms with Crippen molar-refractivity contribution >= 4 is 11.9 Å². The van der Waals surface area contributed by atoms with E-state index in [0.717, 1.165) is 12.0 Å². The summed E-state index contributed by atoms with van der Waals surface area (Å²) < 4.78 is 5.25. The smallest absolute Gasteiger partial charge is 0.311 e. The van der Waals surface area contributed by atoms with E-state index >= 15 is 0 Å². The van der Waals surface area contributed by atoms with Crippen molar-refractivity contribution in [3.05, 3.63) is 29.8 Å². The summed E-state index contributed by atoms with van der Waals surface area (Å²) in [5.41, 5.74) is -0.0121. The Labute approximate surface area is 124 Å². The van der Waals surface area contributed by atoms with Gasteiger partial charge < -0.3 is 14.7 Å². The summed E-state index contributed by atoms with van der Waals surface area (Å²) in [6, 6.07) is 7.40. The number of carboxylic acids is 1. The van der Waals surface area contributed by atoms with E-state index in [2.05, 4.69) is 0 Å². The molecular formula is C16H21NO4. The van der Waals surface area contributed by atoms with Gasteiger partial charge in [-0.15, -0.1) is 0 Å². The number of aliphatic carboxylic acids is 1. The third-order valence-corrected chi connectivity index (χ3v) is 4.10. The van der Waals surface area contributed by atoms with Gasteiger partial charge in [-0.05, 0) is 25.8 Å². The summed E-state index contributed by atoms with van der Waals surface area (Å²) in [4.78, 5) is 25.4. The van der Waals surface area contributed by atoms with Crippen LogP contribution in [-0.4, -0.2) is 42.1 Å². The lowest BCUT2D eigenvalue weighted by atomic mass is 9.82. The molecule has 0 aliphatic carbocycles. The predicted octanol–water partition coefficient (Wildman–Crippen LogP) is 1.95. The average Bonchev–Trinajstić information content (AvgIpc) is 2.47. The molecule has 1 aliphatic rings. The van der Waals surface area contributed by atoms with Crippen LogP contribution in [0, 0.1) is 5.41 Å². The van der Waals surface area contributed by atoms with Crippen molar-refractivity contribution in [2.45, 2.75) is 26.2 Å². The topological polar surface area (TPSA) is 66.8 Å². The summed E-state index contributed by atoms with van der Waals surface area (Å²) in [7, 11) is 1.58. The van der Waals surface area contributed by atoms with Crippen molar-refractivity contribution in [2.75, 3.05) is 20.2 Å². The van der Waals surface area contributed by atoms with Gasteiger partial charge in [0.25, 0.3) is 0 Å². The number of hydrogen-bond acceptors (Lipinski definition) is 3. The first kappa shape index (κ1) is 15.4. The van der Waals surface area contributed by atoms with Gasteiger partial charge in [0.2, 0.25) is 5.91 Å². The Morgan fingerprint density at radius 3 is 2.76 bits per heavy atom. The normalized spacial score (nSPS) is 21.9. The molecule has 114 valence electrons. The molecule has 0 aromatic heterocycles. The van der Waals surface area contributed by atoms with Crippen LogP contribution in [0.4, 0.5) is 0 Å². The fraction of sp³-hybridized carbons (Fsp3) is 0.500. The molecule has 5 nitrogen and oxygen atoms in total. The molecule has 1 aromatic carbocycles. The maximum Gasteiger partial charge on any atom is 0.311 e. The molecular weight excluding hydrogens is 270 g/mol. The van der Waals surface area contributed by atoms with Crippen molar-refractivity contribution in [2.24, 2.45) is 5.41 Å². The van der Waals surface area contributed by atoms with Gasteiger partial charge in [-0.3, -0.25) is 9.59 Å². The SMILES string of the molecule is COc1ccccc1CC(=O)N1CCC[C@@](C)(C(=O)O)C1. The second-order valence-electron chi connectivity index (χ2n) is 5.77. The fourth-order valence-corrected chi connectivity index (χ4v) is 2.75. The van der Waals surface area contributed by atoms with E-state index in [1.165, 1.54) is 0 Å². The highest BCUT2D eigenvalue weighted by atomic mass is 16.5. The second-order valence-corrected chi connectivity index (χ2v) is 5.77. The van der Waals surface area contributed by atoms with E-state index in [1.54, 1.807) is 18.9 Å². The molecule has 1 amide bonds. The Bertz CT molecular complexity index is 543. The maximum atomic E-state index is 12.4. The number of piperidine rings is 1. The quantitative estimate of drug-likeness (QED) is 0.920. The Balaban J connectivity index is 2.08. The van der Waals surface area contributed by atoms with Crippen LogP contribution >= 0.6 is 0 Å². The third-order valence-electron chi connectivity index (χ3n) is 4.10. The summed E-state index contributed by atoms with van der Waals surface area (Å²) in [6.45, 7) is 2.60. The van der Waals surface area contributed by atoms with Gasteiger partial charge in [-0.25, -0.2) is 0 Å². The van der Waals surface area contributed by atoms with Gasteiger partial charge in [0.15, 0.2) is 0 Å². The molecule has 0 bridgehead atoms. The standard InChI is InChI=1S/C16H21NO4/c1-16(15(19)20)8-5-9-17(11-16)14(18)10-12-6-3-4-7-13(12)21-2/h3-4,6-7H,5,8-11H2,1-2H3,(H,19,20)/t16-/m1/s1. The van der Waals surface area contributed by atoms with Crippen molar-refractivity contribution in [1.29, 1.82) is 0 Å². The first-order chi connectivity index (χ1) is 9.96. The number of nitrogens with zero attached hydrogens (tertiary/aromatic N) is 1. The molecule has 1 heterocycles. The lowest BCUT2D eigenvalue weighted by Crippen LogP contribution is -2.48. The number of benzene rings is 1. The van der Waals surface area contributed by atoms with E-state index in [0.29, 0.717) is 18.7 Å². The van der Waals surface area contributed by atoms with Crippen LogP contribution in [-0.2, 0) is 16.0 Å². The van der Waals surface area contributed by atoms with Crippen molar-refractivity contribution < 1.29 is 19.4 Å². The molecule has 0 radical (unpaired) electrons. The lowest BCUT2D eigenvalue weighted by Gasteiger charge is -2.37. The van der Waals surface area contributed by atoms with Crippen LogP contribution in [0.2, 0.25) is 0 Å².